The number of hydrogen-bond acceptors (Lipinski definition) is 4. The summed E-state index contributed by atoms with van der Waals surface area (Å²) in [6, 6.07) is 3.29. The quantitative estimate of drug-likeness (QED) is 0.784. The highest BCUT2D eigenvalue weighted by Crippen LogP contribution is 2.37. The van der Waals surface area contributed by atoms with Crippen molar-refractivity contribution in [3.63, 3.8) is 0 Å². The van der Waals surface area contributed by atoms with Crippen LogP contribution in [-0.2, 0) is 14.0 Å². The number of rotatable bonds is 2. The van der Waals surface area contributed by atoms with E-state index in [0.717, 1.165) is 36.8 Å². The Labute approximate surface area is 147 Å². The van der Waals surface area contributed by atoms with Crippen LogP contribution in [0.5, 0.6) is 0 Å². The first-order chi connectivity index (χ1) is 11.8. The SMILES string of the molecule is CC1(C)OB(c2cc3c(cnn3C3CCCCO3)cc2F)OC1(C)C. The minimum absolute atomic E-state index is 0.0946. The van der Waals surface area contributed by atoms with Crippen LogP contribution in [0.25, 0.3) is 10.9 Å². The molecule has 1 atom stereocenters. The van der Waals surface area contributed by atoms with Gasteiger partial charge in [0.2, 0.25) is 0 Å². The predicted octanol–water partition coefficient (Wildman–Crippen LogP) is 3.17. The van der Waals surface area contributed by atoms with Crippen LogP contribution >= 0.6 is 0 Å². The first kappa shape index (κ1) is 17.0. The van der Waals surface area contributed by atoms with E-state index in [0.29, 0.717) is 5.46 Å². The molecule has 1 unspecified atom stereocenters. The van der Waals surface area contributed by atoms with Crippen molar-refractivity contribution in [1.29, 1.82) is 0 Å². The van der Waals surface area contributed by atoms with Crippen LogP contribution in [0.15, 0.2) is 18.3 Å². The molecule has 0 N–H and O–H groups in total. The van der Waals surface area contributed by atoms with Gasteiger partial charge >= 0.3 is 7.12 Å². The van der Waals surface area contributed by atoms with Gasteiger partial charge in [0.1, 0.15) is 5.82 Å². The molecular formula is C18H24BFN2O3. The van der Waals surface area contributed by atoms with Crippen LogP contribution in [-0.4, -0.2) is 34.7 Å². The van der Waals surface area contributed by atoms with E-state index in [1.807, 2.05) is 32.4 Å². The lowest BCUT2D eigenvalue weighted by molar-refractivity contribution is -0.0366. The molecule has 0 amide bonds. The fourth-order valence-corrected chi connectivity index (χ4v) is 3.38. The third-order valence-corrected chi connectivity index (χ3v) is 5.65. The van der Waals surface area contributed by atoms with Gasteiger partial charge in [-0.3, -0.25) is 0 Å². The summed E-state index contributed by atoms with van der Waals surface area (Å²) >= 11 is 0. The molecule has 0 radical (unpaired) electrons. The maximum atomic E-state index is 14.7. The van der Waals surface area contributed by atoms with Gasteiger partial charge in [-0.1, -0.05) is 0 Å². The van der Waals surface area contributed by atoms with Crippen molar-refractivity contribution in [2.45, 2.75) is 64.4 Å². The molecule has 7 heteroatoms. The van der Waals surface area contributed by atoms with Crippen LogP contribution in [0.1, 0.15) is 53.2 Å². The van der Waals surface area contributed by atoms with Gasteiger partial charge in [0.05, 0.1) is 22.9 Å². The normalized spacial score (nSPS) is 25.6. The lowest BCUT2D eigenvalue weighted by Crippen LogP contribution is -2.41. The third kappa shape index (κ3) is 2.78. The summed E-state index contributed by atoms with van der Waals surface area (Å²) in [5, 5.41) is 5.18. The fourth-order valence-electron chi connectivity index (χ4n) is 3.38. The van der Waals surface area contributed by atoms with Crippen molar-refractivity contribution in [3.05, 3.63) is 24.1 Å². The van der Waals surface area contributed by atoms with E-state index in [9.17, 15) is 4.39 Å². The van der Waals surface area contributed by atoms with Crippen LogP contribution in [0.2, 0.25) is 0 Å². The van der Waals surface area contributed by atoms with Gasteiger partial charge < -0.3 is 14.0 Å². The molecule has 0 bridgehead atoms. The van der Waals surface area contributed by atoms with Gasteiger partial charge in [-0.2, -0.15) is 5.10 Å². The molecule has 2 aliphatic rings. The highest BCUT2D eigenvalue weighted by molar-refractivity contribution is 6.62. The molecule has 134 valence electrons. The number of hydrogen-bond donors (Lipinski definition) is 0. The lowest BCUT2D eigenvalue weighted by atomic mass is 9.78. The van der Waals surface area contributed by atoms with E-state index in [-0.39, 0.29) is 12.0 Å². The largest absolute Gasteiger partial charge is 0.497 e. The maximum Gasteiger partial charge on any atom is 0.497 e. The summed E-state index contributed by atoms with van der Waals surface area (Å²) in [6.45, 7) is 8.58. The predicted molar refractivity (Wildman–Crippen MR) is 94.2 cm³/mol. The highest BCUT2D eigenvalue weighted by atomic mass is 19.1. The highest BCUT2D eigenvalue weighted by Gasteiger charge is 2.52. The topological polar surface area (TPSA) is 45.5 Å². The molecule has 25 heavy (non-hydrogen) atoms. The number of benzene rings is 1. The zero-order valence-corrected chi connectivity index (χ0v) is 15.2. The minimum Gasteiger partial charge on any atom is -0.399 e. The second-order valence-electron chi connectivity index (χ2n) is 7.93. The molecule has 3 heterocycles. The van der Waals surface area contributed by atoms with E-state index >= 15 is 0 Å². The summed E-state index contributed by atoms with van der Waals surface area (Å²) in [5.41, 5.74) is 0.235. The molecule has 2 saturated heterocycles. The van der Waals surface area contributed by atoms with Gasteiger partial charge in [0.25, 0.3) is 0 Å². The lowest BCUT2D eigenvalue weighted by Gasteiger charge is -2.32. The second-order valence-corrected chi connectivity index (χ2v) is 7.93. The van der Waals surface area contributed by atoms with Crippen molar-refractivity contribution in [2.75, 3.05) is 6.61 Å². The Balaban J connectivity index is 1.74. The molecule has 5 nitrogen and oxygen atoms in total. The summed E-state index contributed by atoms with van der Waals surface area (Å²) in [6.07, 6.45) is 4.69. The zero-order valence-electron chi connectivity index (χ0n) is 15.2. The Morgan fingerprint density at radius 3 is 2.52 bits per heavy atom. The molecule has 0 saturated carbocycles. The molecule has 0 aliphatic carbocycles. The Kier molecular flexibility index (Phi) is 3.94. The smallest absolute Gasteiger partial charge is 0.399 e. The molecule has 2 aliphatic heterocycles. The zero-order chi connectivity index (χ0) is 17.8. The Morgan fingerprint density at radius 1 is 1.16 bits per heavy atom. The maximum absolute atomic E-state index is 14.7. The van der Waals surface area contributed by atoms with Gasteiger partial charge in [-0.05, 0) is 59.1 Å². The van der Waals surface area contributed by atoms with Crippen LogP contribution < -0.4 is 5.46 Å². The average Bonchev–Trinajstić information content (AvgIpc) is 3.05. The summed E-state index contributed by atoms with van der Waals surface area (Å²) in [4.78, 5) is 0. The first-order valence-electron chi connectivity index (χ1n) is 8.92. The van der Waals surface area contributed by atoms with E-state index < -0.39 is 18.3 Å². The standard InChI is InChI=1S/C18H24BFN2O3/c1-17(2)18(3,4)25-19(24-17)13-10-15-12(9-14(13)20)11-21-22(15)16-7-5-6-8-23-16/h9-11,16H,5-8H2,1-4H3. The Morgan fingerprint density at radius 2 is 1.88 bits per heavy atom. The monoisotopic (exact) mass is 346 g/mol. The fraction of sp³-hybridized carbons (Fsp3) is 0.611. The van der Waals surface area contributed by atoms with Crippen LogP contribution in [0, 0.1) is 5.82 Å². The Bertz CT molecular complexity index is 783. The van der Waals surface area contributed by atoms with E-state index in [1.54, 1.807) is 12.3 Å². The van der Waals surface area contributed by atoms with Crippen LogP contribution in [0.4, 0.5) is 4.39 Å². The van der Waals surface area contributed by atoms with Gasteiger partial charge in [0.15, 0.2) is 6.23 Å². The number of ether oxygens (including phenoxy) is 1. The molecule has 1 aromatic heterocycles. The van der Waals surface area contributed by atoms with Crippen molar-refractivity contribution >= 4 is 23.5 Å². The molecule has 4 rings (SSSR count). The average molecular weight is 346 g/mol. The molecular weight excluding hydrogens is 322 g/mol. The van der Waals surface area contributed by atoms with Gasteiger partial charge in [0, 0.05) is 17.5 Å². The first-order valence-corrected chi connectivity index (χ1v) is 8.92. The summed E-state index contributed by atoms with van der Waals surface area (Å²) in [7, 11) is -0.731. The Hall–Kier alpha value is -1.44. The van der Waals surface area contributed by atoms with Crippen molar-refractivity contribution in [1.82, 2.24) is 9.78 Å². The molecule has 2 fully saturated rings. The molecule has 0 spiro atoms. The van der Waals surface area contributed by atoms with Crippen molar-refractivity contribution < 1.29 is 18.4 Å². The van der Waals surface area contributed by atoms with E-state index in [2.05, 4.69) is 5.10 Å². The van der Waals surface area contributed by atoms with E-state index in [1.165, 1.54) is 6.07 Å². The van der Waals surface area contributed by atoms with Crippen molar-refractivity contribution in [3.8, 4) is 0 Å². The molecule has 1 aromatic carbocycles. The van der Waals surface area contributed by atoms with Crippen molar-refractivity contribution in [2.24, 2.45) is 0 Å². The second kappa shape index (κ2) is 5.79. The number of fused-ring (bicyclic) bond motifs is 1. The number of aromatic nitrogens is 2. The van der Waals surface area contributed by atoms with Crippen LogP contribution in [0.3, 0.4) is 0 Å². The summed E-state index contributed by atoms with van der Waals surface area (Å²) < 4.78 is 34.4. The van der Waals surface area contributed by atoms with Gasteiger partial charge in [-0.25, -0.2) is 9.07 Å². The summed E-state index contributed by atoms with van der Waals surface area (Å²) in [5.74, 6) is -0.338. The third-order valence-electron chi connectivity index (χ3n) is 5.65. The number of halogens is 1. The van der Waals surface area contributed by atoms with E-state index in [4.69, 9.17) is 14.0 Å². The minimum atomic E-state index is -0.731. The number of nitrogens with zero attached hydrogens (tertiary/aromatic N) is 2. The van der Waals surface area contributed by atoms with Gasteiger partial charge in [-0.15, -0.1) is 0 Å². The molecule has 2 aromatic rings.